The number of morpholine rings is 1. The molecule has 148 valence electrons. The number of aryl methyl sites for hydroxylation is 1. The highest BCUT2D eigenvalue weighted by Crippen LogP contribution is 2.30. The van der Waals surface area contributed by atoms with Crippen molar-refractivity contribution in [2.75, 3.05) is 44.3 Å². The fourth-order valence-electron chi connectivity index (χ4n) is 3.17. The van der Waals surface area contributed by atoms with E-state index in [1.165, 1.54) is 23.5 Å². The SMILES string of the molecule is Cc1cc(C(=O)N(CCCN2CCOCC2)c2nc3ccc(F)cc3s2)no1. The zero-order chi connectivity index (χ0) is 19.5. The van der Waals surface area contributed by atoms with Crippen molar-refractivity contribution in [1.29, 1.82) is 0 Å². The van der Waals surface area contributed by atoms with Gasteiger partial charge in [-0.05, 0) is 31.5 Å². The van der Waals surface area contributed by atoms with Gasteiger partial charge in [0.15, 0.2) is 10.8 Å². The zero-order valence-electron chi connectivity index (χ0n) is 15.6. The molecule has 0 spiro atoms. The Hall–Kier alpha value is -2.36. The van der Waals surface area contributed by atoms with Gasteiger partial charge in [0.1, 0.15) is 11.6 Å². The van der Waals surface area contributed by atoms with Crippen molar-refractivity contribution in [2.24, 2.45) is 0 Å². The molecule has 1 aliphatic rings. The van der Waals surface area contributed by atoms with E-state index in [1.54, 1.807) is 24.0 Å². The number of hydrogen-bond donors (Lipinski definition) is 0. The van der Waals surface area contributed by atoms with Gasteiger partial charge in [-0.3, -0.25) is 14.6 Å². The Balaban J connectivity index is 1.55. The van der Waals surface area contributed by atoms with E-state index in [2.05, 4.69) is 15.0 Å². The molecule has 0 N–H and O–H groups in total. The van der Waals surface area contributed by atoms with Gasteiger partial charge >= 0.3 is 0 Å². The van der Waals surface area contributed by atoms with Gasteiger partial charge in [-0.1, -0.05) is 16.5 Å². The molecular weight excluding hydrogens is 383 g/mol. The molecule has 1 fully saturated rings. The molecule has 2 aromatic heterocycles. The van der Waals surface area contributed by atoms with E-state index in [0.717, 1.165) is 39.3 Å². The molecule has 0 saturated carbocycles. The largest absolute Gasteiger partial charge is 0.379 e. The van der Waals surface area contributed by atoms with Crippen LogP contribution in [0.15, 0.2) is 28.8 Å². The van der Waals surface area contributed by atoms with Gasteiger partial charge in [0, 0.05) is 32.2 Å². The van der Waals surface area contributed by atoms with Crippen LogP contribution < -0.4 is 4.90 Å². The number of carbonyl (C=O) groups is 1. The molecule has 4 rings (SSSR count). The minimum Gasteiger partial charge on any atom is -0.379 e. The number of amides is 1. The van der Waals surface area contributed by atoms with Gasteiger partial charge in [-0.25, -0.2) is 9.37 Å². The maximum atomic E-state index is 13.5. The number of ether oxygens (including phenoxy) is 1. The second-order valence-corrected chi connectivity index (χ2v) is 7.70. The monoisotopic (exact) mass is 404 g/mol. The van der Waals surface area contributed by atoms with E-state index >= 15 is 0 Å². The molecule has 0 aliphatic carbocycles. The first-order valence-electron chi connectivity index (χ1n) is 9.21. The molecule has 0 atom stereocenters. The predicted octanol–water partition coefficient (Wildman–Crippen LogP) is 3.10. The first-order valence-corrected chi connectivity index (χ1v) is 10.0. The second kappa shape index (κ2) is 8.34. The minimum absolute atomic E-state index is 0.245. The molecule has 1 amide bonds. The number of thiazole rings is 1. The van der Waals surface area contributed by atoms with Crippen LogP contribution in [0.4, 0.5) is 9.52 Å². The molecule has 28 heavy (non-hydrogen) atoms. The van der Waals surface area contributed by atoms with E-state index < -0.39 is 0 Å². The third kappa shape index (κ3) is 4.21. The topological polar surface area (TPSA) is 71.7 Å². The third-order valence-electron chi connectivity index (χ3n) is 4.62. The lowest BCUT2D eigenvalue weighted by molar-refractivity contribution is 0.0376. The van der Waals surface area contributed by atoms with Crippen LogP contribution in [0, 0.1) is 12.7 Å². The number of benzene rings is 1. The van der Waals surface area contributed by atoms with E-state index in [0.29, 0.717) is 27.7 Å². The number of halogens is 1. The summed E-state index contributed by atoms with van der Waals surface area (Å²) in [4.78, 5) is 21.5. The van der Waals surface area contributed by atoms with Crippen molar-refractivity contribution in [3.63, 3.8) is 0 Å². The average molecular weight is 404 g/mol. The lowest BCUT2D eigenvalue weighted by Gasteiger charge is -2.27. The van der Waals surface area contributed by atoms with Crippen molar-refractivity contribution in [2.45, 2.75) is 13.3 Å². The number of carbonyl (C=O) groups excluding carboxylic acids is 1. The van der Waals surface area contributed by atoms with Gasteiger partial charge in [0.05, 0.1) is 23.4 Å². The lowest BCUT2D eigenvalue weighted by Crippen LogP contribution is -2.39. The molecule has 0 radical (unpaired) electrons. The van der Waals surface area contributed by atoms with E-state index in [-0.39, 0.29) is 17.4 Å². The number of anilines is 1. The van der Waals surface area contributed by atoms with Crippen LogP contribution in [0.3, 0.4) is 0 Å². The summed E-state index contributed by atoms with van der Waals surface area (Å²) in [5, 5.41) is 4.39. The molecule has 1 aromatic carbocycles. The summed E-state index contributed by atoms with van der Waals surface area (Å²) in [6.07, 6.45) is 0.785. The van der Waals surface area contributed by atoms with Crippen LogP contribution in [-0.2, 0) is 4.74 Å². The highest BCUT2D eigenvalue weighted by Gasteiger charge is 2.24. The third-order valence-corrected chi connectivity index (χ3v) is 5.66. The van der Waals surface area contributed by atoms with Crippen molar-refractivity contribution in [3.8, 4) is 0 Å². The Morgan fingerprint density at radius 2 is 2.14 bits per heavy atom. The van der Waals surface area contributed by atoms with E-state index in [1.807, 2.05) is 0 Å². The van der Waals surface area contributed by atoms with Crippen LogP contribution in [-0.4, -0.2) is 60.3 Å². The van der Waals surface area contributed by atoms with Crippen molar-refractivity contribution in [3.05, 3.63) is 41.5 Å². The predicted molar refractivity (Wildman–Crippen MR) is 104 cm³/mol. The second-order valence-electron chi connectivity index (χ2n) is 6.70. The first kappa shape index (κ1) is 19.0. The Kier molecular flexibility index (Phi) is 5.65. The molecule has 9 heteroatoms. The standard InChI is InChI=1S/C19H21FN4O3S/c1-13-11-16(22-27-13)18(25)24(6-2-5-23-7-9-26-10-8-23)19-21-15-4-3-14(20)12-17(15)28-19/h3-4,11-12H,2,5-10H2,1H3. The Bertz CT molecular complexity index is 967. The summed E-state index contributed by atoms with van der Waals surface area (Å²) in [5.41, 5.74) is 0.915. The van der Waals surface area contributed by atoms with Crippen molar-refractivity contribution in [1.82, 2.24) is 15.0 Å². The highest BCUT2D eigenvalue weighted by atomic mass is 32.1. The maximum absolute atomic E-state index is 13.5. The molecule has 0 unspecified atom stereocenters. The fraction of sp³-hybridized carbons (Fsp3) is 0.421. The zero-order valence-corrected chi connectivity index (χ0v) is 16.4. The molecular formula is C19H21FN4O3S. The summed E-state index contributed by atoms with van der Waals surface area (Å²) in [7, 11) is 0. The van der Waals surface area contributed by atoms with Gasteiger partial charge < -0.3 is 9.26 Å². The summed E-state index contributed by atoms with van der Waals surface area (Å²) >= 11 is 1.30. The Morgan fingerprint density at radius 1 is 1.32 bits per heavy atom. The molecule has 3 aromatic rings. The number of hydrogen-bond acceptors (Lipinski definition) is 7. The van der Waals surface area contributed by atoms with Crippen LogP contribution in [0.5, 0.6) is 0 Å². The van der Waals surface area contributed by atoms with Gasteiger partial charge in [0.25, 0.3) is 5.91 Å². The van der Waals surface area contributed by atoms with Gasteiger partial charge in [-0.2, -0.15) is 0 Å². The molecule has 1 aliphatic heterocycles. The van der Waals surface area contributed by atoms with E-state index in [9.17, 15) is 9.18 Å². The fourth-order valence-corrected chi connectivity index (χ4v) is 4.18. The molecule has 0 bridgehead atoms. The number of rotatable bonds is 6. The first-order chi connectivity index (χ1) is 13.6. The van der Waals surface area contributed by atoms with Gasteiger partial charge in [0.2, 0.25) is 0 Å². The Morgan fingerprint density at radius 3 is 2.89 bits per heavy atom. The summed E-state index contributed by atoms with van der Waals surface area (Å²) in [6, 6.07) is 6.05. The van der Waals surface area contributed by atoms with Crippen LogP contribution in [0.2, 0.25) is 0 Å². The summed E-state index contributed by atoms with van der Waals surface area (Å²) in [5.74, 6) is -0.0126. The smallest absolute Gasteiger partial charge is 0.282 e. The quantitative estimate of drug-likeness (QED) is 0.629. The maximum Gasteiger partial charge on any atom is 0.282 e. The van der Waals surface area contributed by atoms with E-state index in [4.69, 9.17) is 9.26 Å². The molecule has 7 nitrogen and oxygen atoms in total. The van der Waals surface area contributed by atoms with Crippen molar-refractivity contribution < 1.29 is 18.4 Å². The Labute approximate surface area is 165 Å². The van der Waals surface area contributed by atoms with Crippen molar-refractivity contribution >= 4 is 32.6 Å². The van der Waals surface area contributed by atoms with Crippen LogP contribution >= 0.6 is 11.3 Å². The van der Waals surface area contributed by atoms with Crippen LogP contribution in [0.25, 0.3) is 10.2 Å². The highest BCUT2D eigenvalue weighted by molar-refractivity contribution is 7.22. The molecule has 3 heterocycles. The summed E-state index contributed by atoms with van der Waals surface area (Å²) in [6.45, 7) is 6.38. The number of aromatic nitrogens is 2. The van der Waals surface area contributed by atoms with Crippen LogP contribution in [0.1, 0.15) is 22.7 Å². The van der Waals surface area contributed by atoms with Gasteiger partial charge in [-0.15, -0.1) is 0 Å². The minimum atomic E-state index is -0.319. The lowest BCUT2D eigenvalue weighted by atomic mass is 10.3. The normalized spacial score (nSPS) is 15.2. The molecule has 1 saturated heterocycles. The number of nitrogens with zero attached hydrogens (tertiary/aromatic N) is 4. The number of fused-ring (bicyclic) bond motifs is 1. The average Bonchev–Trinajstić information content (AvgIpc) is 3.31. The summed E-state index contributed by atoms with van der Waals surface area (Å²) < 4.78 is 24.7.